The molecule has 1 unspecified atom stereocenters. The summed E-state index contributed by atoms with van der Waals surface area (Å²) in [6, 6.07) is 14.5. The van der Waals surface area contributed by atoms with E-state index in [0.717, 1.165) is 42.2 Å². The Morgan fingerprint density at radius 3 is 2.79 bits per heavy atom. The lowest BCUT2D eigenvalue weighted by molar-refractivity contribution is -0.944. The topological polar surface area (TPSA) is 48.0 Å². The molecule has 1 aromatic carbocycles. The molecule has 28 heavy (non-hydrogen) atoms. The monoisotopic (exact) mass is 378 g/mol. The predicted octanol–water partition coefficient (Wildman–Crippen LogP) is 2.71. The molecule has 4 rings (SSSR count). The Morgan fingerprint density at radius 1 is 1.18 bits per heavy atom. The molecule has 5 heteroatoms. The molecule has 0 saturated carbocycles. The summed E-state index contributed by atoms with van der Waals surface area (Å²) in [6.45, 7) is 3.88. The first kappa shape index (κ1) is 18.7. The maximum absolute atomic E-state index is 12.6. The molecule has 0 radical (unpaired) electrons. The average molecular weight is 378 g/mol. The number of hydrogen-bond acceptors (Lipinski definition) is 3. The van der Waals surface area contributed by atoms with Crippen molar-refractivity contribution in [1.82, 2.24) is 9.38 Å². The van der Waals surface area contributed by atoms with E-state index >= 15 is 0 Å². The Labute approximate surface area is 165 Å². The average Bonchev–Trinajstić information content (AvgIpc) is 2.94. The lowest BCUT2D eigenvalue weighted by atomic mass is 10.0. The second kappa shape index (κ2) is 8.15. The predicted molar refractivity (Wildman–Crippen MR) is 110 cm³/mol. The van der Waals surface area contributed by atoms with Gasteiger partial charge in [-0.15, -0.1) is 0 Å². The molecule has 5 nitrogen and oxygen atoms in total. The number of aryl methyl sites for hydroxylation is 1. The van der Waals surface area contributed by atoms with Gasteiger partial charge in [-0.3, -0.25) is 9.20 Å². The van der Waals surface area contributed by atoms with E-state index < -0.39 is 0 Å². The summed E-state index contributed by atoms with van der Waals surface area (Å²) in [4.78, 5) is 18.9. The fourth-order valence-corrected chi connectivity index (χ4v) is 4.34. The fourth-order valence-electron chi connectivity index (χ4n) is 4.34. The standard InChI is InChI=1S/C23H27N3O2/c1-17-7-6-14-26-22(27)15-19(24-23(17)26)16-25-13-5-3-4-8-21(25)18-9-11-20(28-2)12-10-18/h6-7,9-12,14-15,21H,3-5,8,13,16H2,1-2H3/p+1/t21-/m1/s1. The van der Waals surface area contributed by atoms with E-state index in [1.54, 1.807) is 23.8 Å². The first-order valence-electron chi connectivity index (χ1n) is 10.1. The summed E-state index contributed by atoms with van der Waals surface area (Å²) in [5, 5.41) is 0. The van der Waals surface area contributed by atoms with Crippen LogP contribution in [0, 0.1) is 6.92 Å². The number of nitrogens with zero attached hydrogens (tertiary/aromatic N) is 2. The Balaban J connectivity index is 1.66. The maximum atomic E-state index is 12.6. The van der Waals surface area contributed by atoms with Gasteiger partial charge in [-0.25, -0.2) is 4.98 Å². The molecule has 2 aromatic heterocycles. The number of pyridine rings is 1. The summed E-state index contributed by atoms with van der Waals surface area (Å²) in [7, 11) is 1.70. The van der Waals surface area contributed by atoms with Gasteiger partial charge in [0.1, 0.15) is 29.7 Å². The number of fused-ring (bicyclic) bond motifs is 1. The molecule has 3 aromatic rings. The Kier molecular flexibility index (Phi) is 5.44. The lowest BCUT2D eigenvalue weighted by Gasteiger charge is -2.27. The highest BCUT2D eigenvalue weighted by Crippen LogP contribution is 2.22. The number of ether oxygens (including phenoxy) is 1. The molecule has 1 aliphatic rings. The van der Waals surface area contributed by atoms with E-state index in [4.69, 9.17) is 9.72 Å². The van der Waals surface area contributed by atoms with Crippen molar-refractivity contribution >= 4 is 5.65 Å². The minimum Gasteiger partial charge on any atom is -0.497 e. The van der Waals surface area contributed by atoms with E-state index in [9.17, 15) is 4.79 Å². The number of hydrogen-bond donors (Lipinski definition) is 1. The smallest absolute Gasteiger partial charge is 0.258 e. The zero-order valence-electron chi connectivity index (χ0n) is 16.6. The van der Waals surface area contributed by atoms with Crippen molar-refractivity contribution in [3.05, 3.63) is 75.8 Å². The Bertz CT molecular complexity index is 1010. The van der Waals surface area contributed by atoms with E-state index in [0.29, 0.717) is 6.04 Å². The van der Waals surface area contributed by atoms with Crippen molar-refractivity contribution in [2.24, 2.45) is 0 Å². The highest BCUT2D eigenvalue weighted by molar-refractivity contribution is 5.46. The van der Waals surface area contributed by atoms with Gasteiger partial charge in [-0.1, -0.05) is 6.07 Å². The minimum atomic E-state index is -0.00100. The molecule has 0 bridgehead atoms. The van der Waals surface area contributed by atoms with Gasteiger partial charge in [0.25, 0.3) is 5.56 Å². The molecule has 1 N–H and O–H groups in total. The van der Waals surface area contributed by atoms with E-state index in [-0.39, 0.29) is 5.56 Å². The quantitative estimate of drug-likeness (QED) is 0.759. The summed E-state index contributed by atoms with van der Waals surface area (Å²) in [5.74, 6) is 0.888. The second-order valence-corrected chi connectivity index (χ2v) is 7.73. The van der Waals surface area contributed by atoms with Crippen molar-refractivity contribution in [3.63, 3.8) is 0 Å². The van der Waals surface area contributed by atoms with Gasteiger partial charge in [0, 0.05) is 24.2 Å². The second-order valence-electron chi connectivity index (χ2n) is 7.73. The van der Waals surface area contributed by atoms with Crippen LogP contribution in [-0.2, 0) is 6.54 Å². The number of aromatic nitrogens is 2. The van der Waals surface area contributed by atoms with Crippen LogP contribution in [0.15, 0.2) is 53.5 Å². The number of benzene rings is 1. The fraction of sp³-hybridized carbons (Fsp3) is 0.391. The summed E-state index contributed by atoms with van der Waals surface area (Å²) < 4.78 is 6.95. The first-order valence-corrected chi connectivity index (χ1v) is 10.1. The molecule has 0 spiro atoms. The summed E-state index contributed by atoms with van der Waals surface area (Å²) >= 11 is 0. The Hall–Kier alpha value is -2.66. The van der Waals surface area contributed by atoms with Gasteiger partial charge in [0.15, 0.2) is 0 Å². The zero-order chi connectivity index (χ0) is 19.5. The molecule has 1 aliphatic heterocycles. The van der Waals surface area contributed by atoms with Gasteiger partial charge in [-0.05, 0) is 62.1 Å². The van der Waals surface area contributed by atoms with Crippen molar-refractivity contribution in [1.29, 1.82) is 0 Å². The number of likely N-dealkylation sites (tertiary alicyclic amines) is 1. The van der Waals surface area contributed by atoms with Crippen molar-refractivity contribution < 1.29 is 9.64 Å². The van der Waals surface area contributed by atoms with Crippen molar-refractivity contribution in [3.8, 4) is 5.75 Å². The molecule has 0 aliphatic carbocycles. The van der Waals surface area contributed by atoms with Crippen LogP contribution < -0.4 is 15.2 Å². The normalized spacial score (nSPS) is 20.1. The number of methoxy groups -OCH3 is 1. The molecule has 1 saturated heterocycles. The van der Waals surface area contributed by atoms with Gasteiger partial charge in [0.2, 0.25) is 0 Å². The minimum absolute atomic E-state index is 0.00100. The van der Waals surface area contributed by atoms with Crippen LogP contribution in [-0.4, -0.2) is 23.0 Å². The molecule has 1 fully saturated rings. The third-order valence-corrected chi connectivity index (χ3v) is 5.85. The zero-order valence-corrected chi connectivity index (χ0v) is 16.6. The van der Waals surface area contributed by atoms with Crippen LogP contribution in [0.25, 0.3) is 5.65 Å². The highest BCUT2D eigenvalue weighted by atomic mass is 16.5. The lowest BCUT2D eigenvalue weighted by Crippen LogP contribution is -3.10. The first-order chi connectivity index (χ1) is 13.7. The molecule has 2 atom stereocenters. The molecule has 0 amide bonds. The van der Waals surface area contributed by atoms with Crippen LogP contribution >= 0.6 is 0 Å². The van der Waals surface area contributed by atoms with E-state index in [2.05, 4.69) is 12.1 Å². The van der Waals surface area contributed by atoms with Crippen molar-refractivity contribution in [2.75, 3.05) is 13.7 Å². The molecule has 3 heterocycles. The summed E-state index contributed by atoms with van der Waals surface area (Å²) in [5.41, 5.74) is 4.01. The molecular formula is C23H28N3O2+. The van der Waals surface area contributed by atoms with Crippen LogP contribution in [0.4, 0.5) is 0 Å². The van der Waals surface area contributed by atoms with E-state index in [1.165, 1.54) is 29.7 Å². The van der Waals surface area contributed by atoms with Gasteiger partial charge >= 0.3 is 0 Å². The van der Waals surface area contributed by atoms with Crippen LogP contribution in [0.3, 0.4) is 0 Å². The summed E-state index contributed by atoms with van der Waals surface area (Å²) in [6.07, 6.45) is 6.68. The maximum Gasteiger partial charge on any atom is 0.258 e. The van der Waals surface area contributed by atoms with Crippen LogP contribution in [0.2, 0.25) is 0 Å². The van der Waals surface area contributed by atoms with Gasteiger partial charge < -0.3 is 9.64 Å². The third-order valence-electron chi connectivity index (χ3n) is 5.85. The SMILES string of the molecule is COc1ccc([C@H]2CCCCC[NH+]2Cc2cc(=O)n3cccc(C)c3n2)cc1. The van der Waals surface area contributed by atoms with E-state index in [1.807, 2.05) is 31.2 Å². The number of rotatable bonds is 4. The van der Waals surface area contributed by atoms with Crippen LogP contribution in [0.5, 0.6) is 5.75 Å². The van der Waals surface area contributed by atoms with Crippen LogP contribution in [0.1, 0.15) is 48.5 Å². The largest absolute Gasteiger partial charge is 0.497 e. The molecular weight excluding hydrogens is 350 g/mol. The number of nitrogens with one attached hydrogen (secondary N) is 1. The number of quaternary nitrogens is 1. The van der Waals surface area contributed by atoms with Gasteiger partial charge in [-0.2, -0.15) is 0 Å². The Morgan fingerprint density at radius 2 is 2.00 bits per heavy atom. The van der Waals surface area contributed by atoms with Gasteiger partial charge in [0.05, 0.1) is 13.7 Å². The molecule has 146 valence electrons. The third kappa shape index (κ3) is 3.80. The van der Waals surface area contributed by atoms with Crippen molar-refractivity contribution in [2.45, 2.75) is 45.2 Å². The highest BCUT2D eigenvalue weighted by Gasteiger charge is 2.27.